The molecule has 1 aliphatic heterocycles. The predicted molar refractivity (Wildman–Crippen MR) is 121 cm³/mol. The average molecular weight is 438 g/mol. The van der Waals surface area contributed by atoms with E-state index in [1.807, 2.05) is 37.4 Å². The van der Waals surface area contributed by atoms with Crippen molar-refractivity contribution in [1.82, 2.24) is 4.90 Å². The van der Waals surface area contributed by atoms with Gasteiger partial charge in [-0.05, 0) is 25.1 Å². The number of hydrogen-bond acceptors (Lipinski definition) is 8. The summed E-state index contributed by atoms with van der Waals surface area (Å²) in [6.45, 7) is 3.19. The standard InChI is InChI=1S/C23H26N4O5/c1-16-20(22(28)32-13-12-26(2)15-17-8-5-4-6-9-17)21(25-23(24-16)31-3)18-10-7-11-19(14-18)27(29)30/h4-11,14,20-21H,12-13,15H2,1-3H3. The maximum atomic E-state index is 13.0. The number of esters is 1. The summed E-state index contributed by atoms with van der Waals surface area (Å²) in [5.41, 5.74) is 2.09. The molecule has 2 aromatic carbocycles. The van der Waals surface area contributed by atoms with Crippen LogP contribution in [0.5, 0.6) is 0 Å². The maximum absolute atomic E-state index is 13.0. The summed E-state index contributed by atoms with van der Waals surface area (Å²) in [7, 11) is 3.39. The molecule has 2 aromatic rings. The number of hydrogen-bond donors (Lipinski definition) is 0. The number of amidine groups is 1. The van der Waals surface area contributed by atoms with Gasteiger partial charge < -0.3 is 9.47 Å². The summed E-state index contributed by atoms with van der Waals surface area (Å²) >= 11 is 0. The van der Waals surface area contributed by atoms with Crippen LogP contribution >= 0.6 is 0 Å². The number of rotatable bonds is 8. The van der Waals surface area contributed by atoms with Crippen LogP contribution in [-0.4, -0.2) is 54.8 Å². The molecule has 0 amide bonds. The Morgan fingerprint density at radius 3 is 2.62 bits per heavy atom. The Kier molecular flexibility index (Phi) is 7.67. The van der Waals surface area contributed by atoms with Gasteiger partial charge in [0.1, 0.15) is 12.5 Å². The molecule has 168 valence electrons. The summed E-state index contributed by atoms with van der Waals surface area (Å²) in [6, 6.07) is 15.5. The number of benzene rings is 2. The van der Waals surface area contributed by atoms with E-state index in [9.17, 15) is 14.9 Å². The van der Waals surface area contributed by atoms with Crippen molar-refractivity contribution in [3.8, 4) is 0 Å². The van der Waals surface area contributed by atoms with Gasteiger partial charge in [-0.3, -0.25) is 19.8 Å². The second-order valence-corrected chi connectivity index (χ2v) is 7.53. The molecule has 3 rings (SSSR count). The number of aliphatic imine (C=N–C) groups is 2. The van der Waals surface area contributed by atoms with Gasteiger partial charge in [0.05, 0.1) is 18.1 Å². The van der Waals surface area contributed by atoms with Crippen LogP contribution in [0.2, 0.25) is 0 Å². The first-order chi connectivity index (χ1) is 15.4. The molecule has 2 atom stereocenters. The molecule has 1 aliphatic rings. The van der Waals surface area contributed by atoms with Crippen LogP contribution < -0.4 is 0 Å². The van der Waals surface area contributed by atoms with Gasteiger partial charge in [0, 0.05) is 30.9 Å². The Morgan fingerprint density at radius 2 is 1.94 bits per heavy atom. The fourth-order valence-electron chi connectivity index (χ4n) is 3.52. The first kappa shape index (κ1) is 23.1. The molecule has 1 heterocycles. The molecule has 0 aliphatic carbocycles. The average Bonchev–Trinajstić information content (AvgIpc) is 2.79. The van der Waals surface area contributed by atoms with Crippen molar-refractivity contribution < 1.29 is 19.2 Å². The molecular weight excluding hydrogens is 412 g/mol. The Balaban J connectivity index is 1.70. The number of likely N-dealkylation sites (N-methyl/N-ethyl adjacent to an activating group) is 1. The van der Waals surface area contributed by atoms with Gasteiger partial charge in [-0.2, -0.15) is 0 Å². The minimum absolute atomic E-state index is 0.0773. The molecule has 0 radical (unpaired) electrons. The third-order valence-corrected chi connectivity index (χ3v) is 5.16. The summed E-state index contributed by atoms with van der Waals surface area (Å²) in [4.78, 5) is 34.4. The molecule has 0 aromatic heterocycles. The quantitative estimate of drug-likeness (QED) is 0.355. The van der Waals surface area contributed by atoms with Crippen LogP contribution in [0.15, 0.2) is 64.6 Å². The van der Waals surface area contributed by atoms with Crippen molar-refractivity contribution in [3.05, 3.63) is 75.8 Å². The van der Waals surface area contributed by atoms with Gasteiger partial charge in [-0.15, -0.1) is 0 Å². The van der Waals surface area contributed by atoms with Crippen molar-refractivity contribution in [2.24, 2.45) is 15.9 Å². The Labute approximate surface area is 186 Å². The van der Waals surface area contributed by atoms with Gasteiger partial charge in [-0.25, -0.2) is 9.98 Å². The SMILES string of the molecule is COC1=NC(c2cccc([N+](=O)[O-])c2)C(C(=O)OCCN(C)Cc2ccccc2)C(C)=N1. The summed E-state index contributed by atoms with van der Waals surface area (Å²) in [5, 5.41) is 11.2. The van der Waals surface area contributed by atoms with E-state index in [2.05, 4.69) is 14.9 Å². The van der Waals surface area contributed by atoms with E-state index < -0.39 is 22.9 Å². The minimum Gasteiger partial charge on any atom is -0.467 e. The van der Waals surface area contributed by atoms with Crippen LogP contribution in [0.4, 0.5) is 5.69 Å². The van der Waals surface area contributed by atoms with Crippen LogP contribution in [0.1, 0.15) is 24.1 Å². The predicted octanol–water partition coefficient (Wildman–Crippen LogP) is 3.40. The zero-order valence-electron chi connectivity index (χ0n) is 18.3. The largest absolute Gasteiger partial charge is 0.467 e. The normalized spacial score (nSPS) is 18.0. The lowest BCUT2D eigenvalue weighted by Gasteiger charge is -2.26. The molecule has 0 saturated carbocycles. The topological polar surface area (TPSA) is 107 Å². The second kappa shape index (κ2) is 10.6. The van der Waals surface area contributed by atoms with Crippen molar-refractivity contribution in [1.29, 1.82) is 0 Å². The molecule has 2 unspecified atom stereocenters. The highest BCUT2D eigenvalue weighted by Gasteiger charge is 2.37. The molecule has 32 heavy (non-hydrogen) atoms. The van der Waals surface area contributed by atoms with Crippen LogP contribution in [0.3, 0.4) is 0 Å². The summed E-state index contributed by atoms with van der Waals surface area (Å²) in [6.07, 6.45) is 0. The first-order valence-electron chi connectivity index (χ1n) is 10.2. The molecule has 9 heteroatoms. The van der Waals surface area contributed by atoms with E-state index in [1.165, 1.54) is 24.8 Å². The number of carbonyl (C=O) groups excluding carboxylic acids is 1. The number of nitro benzene ring substituents is 1. The third-order valence-electron chi connectivity index (χ3n) is 5.16. The number of ether oxygens (including phenoxy) is 2. The highest BCUT2D eigenvalue weighted by molar-refractivity contribution is 6.07. The molecule has 0 bridgehead atoms. The smallest absolute Gasteiger partial charge is 0.317 e. The van der Waals surface area contributed by atoms with E-state index >= 15 is 0 Å². The van der Waals surface area contributed by atoms with Crippen LogP contribution in [-0.2, 0) is 20.8 Å². The monoisotopic (exact) mass is 438 g/mol. The van der Waals surface area contributed by atoms with E-state index in [0.717, 1.165) is 6.54 Å². The lowest BCUT2D eigenvalue weighted by atomic mass is 9.89. The van der Waals surface area contributed by atoms with Crippen LogP contribution in [0.25, 0.3) is 0 Å². The number of nitro groups is 1. The number of carbonyl (C=O) groups is 1. The maximum Gasteiger partial charge on any atom is 0.317 e. The molecule has 0 saturated heterocycles. The van der Waals surface area contributed by atoms with E-state index in [1.54, 1.807) is 19.1 Å². The summed E-state index contributed by atoms with van der Waals surface area (Å²) < 4.78 is 10.7. The summed E-state index contributed by atoms with van der Waals surface area (Å²) in [5.74, 6) is -1.27. The Morgan fingerprint density at radius 1 is 1.19 bits per heavy atom. The Bertz CT molecular complexity index is 1020. The zero-order valence-corrected chi connectivity index (χ0v) is 18.3. The van der Waals surface area contributed by atoms with Crippen LogP contribution in [0, 0.1) is 16.0 Å². The second-order valence-electron chi connectivity index (χ2n) is 7.53. The molecular formula is C23H26N4O5. The van der Waals surface area contributed by atoms with Gasteiger partial charge in [0.15, 0.2) is 0 Å². The highest BCUT2D eigenvalue weighted by Crippen LogP contribution is 2.33. The van der Waals surface area contributed by atoms with Gasteiger partial charge in [0.2, 0.25) is 0 Å². The number of methoxy groups -OCH3 is 1. The molecule has 0 fully saturated rings. The fraction of sp³-hybridized carbons (Fsp3) is 0.348. The molecule has 0 spiro atoms. The van der Waals surface area contributed by atoms with Crippen molar-refractivity contribution >= 4 is 23.4 Å². The molecule has 9 nitrogen and oxygen atoms in total. The third kappa shape index (κ3) is 5.76. The van der Waals surface area contributed by atoms with Gasteiger partial charge >= 0.3 is 12.0 Å². The minimum atomic E-state index is -0.796. The van der Waals surface area contributed by atoms with Crippen molar-refractivity contribution in [2.75, 3.05) is 27.3 Å². The van der Waals surface area contributed by atoms with Crippen molar-refractivity contribution in [3.63, 3.8) is 0 Å². The fourth-order valence-corrected chi connectivity index (χ4v) is 3.52. The van der Waals surface area contributed by atoms with E-state index in [-0.39, 0.29) is 18.3 Å². The molecule has 0 N–H and O–H groups in total. The lowest BCUT2D eigenvalue weighted by molar-refractivity contribution is -0.384. The van der Waals surface area contributed by atoms with Gasteiger partial charge in [0.25, 0.3) is 5.69 Å². The number of non-ortho nitro benzene ring substituents is 1. The van der Waals surface area contributed by atoms with Crippen molar-refractivity contribution in [2.45, 2.75) is 19.5 Å². The zero-order chi connectivity index (χ0) is 23.1. The highest BCUT2D eigenvalue weighted by atomic mass is 16.6. The van der Waals surface area contributed by atoms with Gasteiger partial charge in [-0.1, -0.05) is 42.5 Å². The van der Waals surface area contributed by atoms with E-state index in [4.69, 9.17) is 9.47 Å². The van der Waals surface area contributed by atoms with E-state index in [0.29, 0.717) is 17.8 Å². The number of nitrogens with zero attached hydrogens (tertiary/aromatic N) is 4. The lowest BCUT2D eigenvalue weighted by Crippen LogP contribution is -2.35. The Hall–Kier alpha value is -3.59. The first-order valence-corrected chi connectivity index (χ1v) is 10.2.